The topological polar surface area (TPSA) is 44.3 Å². The maximum Gasteiger partial charge on any atom is 0.135 e. The van der Waals surface area contributed by atoms with E-state index in [9.17, 15) is 0 Å². The number of nitrogens with zero attached hydrogens (tertiary/aromatic N) is 4. The molecule has 3 aliphatic heterocycles. The van der Waals surface area contributed by atoms with Crippen LogP contribution >= 0.6 is 0 Å². The Hall–Kier alpha value is -1.20. The van der Waals surface area contributed by atoms with Crippen LogP contribution in [0, 0.1) is 0 Å². The molecule has 1 N–H and O–H groups in total. The molecule has 0 radical (unpaired) electrons. The first-order valence-electron chi connectivity index (χ1n) is 8.87. The van der Waals surface area contributed by atoms with Crippen molar-refractivity contribution in [3.8, 4) is 0 Å². The van der Waals surface area contributed by atoms with Crippen LogP contribution in [-0.2, 0) is 12.8 Å². The van der Waals surface area contributed by atoms with Crippen LogP contribution in [0.5, 0.6) is 0 Å². The Kier molecular flexibility index (Phi) is 4.01. The van der Waals surface area contributed by atoms with Gasteiger partial charge in [-0.3, -0.25) is 4.90 Å². The van der Waals surface area contributed by atoms with Gasteiger partial charge in [0, 0.05) is 43.7 Å². The van der Waals surface area contributed by atoms with Gasteiger partial charge in [-0.25, -0.2) is 9.97 Å². The Morgan fingerprint density at radius 2 is 2.00 bits per heavy atom. The van der Waals surface area contributed by atoms with E-state index in [2.05, 4.69) is 32.0 Å². The zero-order valence-corrected chi connectivity index (χ0v) is 13.6. The second-order valence-corrected chi connectivity index (χ2v) is 7.01. The summed E-state index contributed by atoms with van der Waals surface area (Å²) in [6, 6.07) is 1.48. The fourth-order valence-corrected chi connectivity index (χ4v) is 4.23. The van der Waals surface area contributed by atoms with Crippen molar-refractivity contribution in [3.05, 3.63) is 17.6 Å². The van der Waals surface area contributed by atoms with E-state index in [4.69, 9.17) is 0 Å². The van der Waals surface area contributed by atoms with Gasteiger partial charge in [0.1, 0.15) is 12.1 Å². The third-order valence-corrected chi connectivity index (χ3v) is 5.59. The highest BCUT2D eigenvalue weighted by molar-refractivity contribution is 5.52. The lowest BCUT2D eigenvalue weighted by Crippen LogP contribution is -2.62. The molecule has 2 fully saturated rings. The maximum absolute atomic E-state index is 4.62. The first-order chi connectivity index (χ1) is 10.8. The summed E-state index contributed by atoms with van der Waals surface area (Å²) in [7, 11) is 0. The molecule has 0 aromatic carbocycles. The van der Waals surface area contributed by atoms with Crippen LogP contribution in [0.2, 0.25) is 0 Å². The van der Waals surface area contributed by atoms with Crippen LogP contribution in [0.4, 0.5) is 5.82 Å². The summed E-state index contributed by atoms with van der Waals surface area (Å²) in [5.41, 5.74) is 2.64. The summed E-state index contributed by atoms with van der Waals surface area (Å²) < 4.78 is 0. The maximum atomic E-state index is 4.62. The highest BCUT2D eigenvalue weighted by Crippen LogP contribution is 2.30. The third-order valence-electron chi connectivity index (χ3n) is 5.59. The quantitative estimate of drug-likeness (QED) is 0.890. The van der Waals surface area contributed by atoms with Gasteiger partial charge in [-0.05, 0) is 39.3 Å². The number of fused-ring (bicyclic) bond motifs is 1. The largest absolute Gasteiger partial charge is 0.353 e. The van der Waals surface area contributed by atoms with E-state index in [0.717, 1.165) is 51.1 Å². The van der Waals surface area contributed by atoms with Gasteiger partial charge in [0.15, 0.2) is 0 Å². The normalized spacial score (nSPS) is 27.1. The van der Waals surface area contributed by atoms with Crippen molar-refractivity contribution in [3.63, 3.8) is 0 Å². The molecule has 1 atom stereocenters. The van der Waals surface area contributed by atoms with Gasteiger partial charge < -0.3 is 10.2 Å². The molecule has 0 saturated carbocycles. The van der Waals surface area contributed by atoms with Crippen LogP contribution < -0.4 is 10.2 Å². The molecule has 5 nitrogen and oxygen atoms in total. The number of anilines is 1. The number of rotatable bonds is 2. The Labute approximate surface area is 133 Å². The molecular formula is C17H27N5. The van der Waals surface area contributed by atoms with Crippen molar-refractivity contribution in [1.82, 2.24) is 20.2 Å². The van der Waals surface area contributed by atoms with Gasteiger partial charge in [-0.1, -0.05) is 6.42 Å². The summed E-state index contributed by atoms with van der Waals surface area (Å²) in [4.78, 5) is 14.3. The highest BCUT2D eigenvalue weighted by Gasteiger charge is 2.36. The Morgan fingerprint density at radius 1 is 1.14 bits per heavy atom. The molecule has 0 amide bonds. The Balaban J connectivity index is 1.46. The minimum Gasteiger partial charge on any atom is -0.353 e. The van der Waals surface area contributed by atoms with Gasteiger partial charge in [-0.15, -0.1) is 0 Å². The van der Waals surface area contributed by atoms with Crippen molar-refractivity contribution < 1.29 is 0 Å². The zero-order chi connectivity index (χ0) is 14.9. The monoisotopic (exact) mass is 301 g/mol. The van der Waals surface area contributed by atoms with Crippen LogP contribution in [0.1, 0.15) is 37.4 Å². The Bertz CT molecular complexity index is 526. The molecule has 4 heterocycles. The third kappa shape index (κ3) is 2.61. The first kappa shape index (κ1) is 14.4. The lowest BCUT2D eigenvalue weighted by Gasteiger charge is -2.50. The molecule has 0 aliphatic carbocycles. The summed E-state index contributed by atoms with van der Waals surface area (Å²) in [5.74, 6) is 1.20. The smallest absolute Gasteiger partial charge is 0.135 e. The summed E-state index contributed by atoms with van der Waals surface area (Å²) >= 11 is 0. The van der Waals surface area contributed by atoms with E-state index in [0.29, 0.717) is 0 Å². The number of aromatic nitrogens is 2. The molecule has 0 unspecified atom stereocenters. The van der Waals surface area contributed by atoms with E-state index >= 15 is 0 Å². The minimum atomic E-state index is 0.727. The summed E-state index contributed by atoms with van der Waals surface area (Å²) in [6.45, 7) is 8.04. The molecule has 1 aromatic heterocycles. The molecule has 120 valence electrons. The molecular weight excluding hydrogens is 274 g/mol. The molecule has 1 aromatic rings. The van der Waals surface area contributed by atoms with Gasteiger partial charge in [-0.2, -0.15) is 0 Å². The van der Waals surface area contributed by atoms with Crippen molar-refractivity contribution >= 4 is 5.82 Å². The van der Waals surface area contributed by atoms with Gasteiger partial charge in [0.05, 0.1) is 5.69 Å². The van der Waals surface area contributed by atoms with Crippen LogP contribution in [0.3, 0.4) is 0 Å². The average molecular weight is 301 g/mol. The van der Waals surface area contributed by atoms with Crippen molar-refractivity contribution in [2.24, 2.45) is 0 Å². The van der Waals surface area contributed by atoms with E-state index in [1.54, 1.807) is 6.33 Å². The van der Waals surface area contributed by atoms with E-state index < -0.39 is 0 Å². The number of piperidine rings is 1. The predicted octanol–water partition coefficient (Wildman–Crippen LogP) is 1.23. The van der Waals surface area contributed by atoms with Crippen LogP contribution in [0.25, 0.3) is 0 Å². The molecule has 4 rings (SSSR count). The lowest BCUT2D eigenvalue weighted by molar-refractivity contribution is 0.0872. The molecule has 0 bridgehead atoms. The van der Waals surface area contributed by atoms with Gasteiger partial charge in [0.25, 0.3) is 0 Å². The lowest BCUT2D eigenvalue weighted by atomic mass is 9.97. The number of likely N-dealkylation sites (tertiary alicyclic amines) is 1. The minimum absolute atomic E-state index is 0.727. The van der Waals surface area contributed by atoms with Crippen LogP contribution in [-0.4, -0.2) is 59.7 Å². The first-order valence-corrected chi connectivity index (χ1v) is 8.87. The zero-order valence-electron chi connectivity index (χ0n) is 13.6. The molecule has 5 heteroatoms. The van der Waals surface area contributed by atoms with Crippen LogP contribution in [0.15, 0.2) is 6.33 Å². The van der Waals surface area contributed by atoms with Crippen molar-refractivity contribution in [2.45, 2.75) is 51.1 Å². The number of hydrogen-bond donors (Lipinski definition) is 1. The SMILES string of the molecule is C[C@@H]1CCCCN1C1CN(c2ncnc3c2CCNCC3)C1. The van der Waals surface area contributed by atoms with E-state index in [1.165, 1.54) is 42.9 Å². The van der Waals surface area contributed by atoms with E-state index in [-0.39, 0.29) is 0 Å². The molecule has 3 aliphatic rings. The fraction of sp³-hybridized carbons (Fsp3) is 0.765. The number of hydrogen-bond acceptors (Lipinski definition) is 5. The summed E-state index contributed by atoms with van der Waals surface area (Å²) in [6.07, 6.45) is 8.00. The van der Waals surface area contributed by atoms with Gasteiger partial charge >= 0.3 is 0 Å². The molecule has 2 saturated heterocycles. The molecule has 0 spiro atoms. The molecule has 22 heavy (non-hydrogen) atoms. The van der Waals surface area contributed by atoms with Gasteiger partial charge in [0.2, 0.25) is 0 Å². The van der Waals surface area contributed by atoms with Crippen molar-refractivity contribution in [1.29, 1.82) is 0 Å². The highest BCUT2D eigenvalue weighted by atomic mass is 15.3. The van der Waals surface area contributed by atoms with Crippen molar-refractivity contribution in [2.75, 3.05) is 37.6 Å². The second kappa shape index (κ2) is 6.13. The summed E-state index contributed by atoms with van der Waals surface area (Å²) in [5, 5.41) is 3.47. The Morgan fingerprint density at radius 3 is 2.86 bits per heavy atom. The van der Waals surface area contributed by atoms with E-state index in [1.807, 2.05) is 0 Å². The standard InChI is InChI=1S/C17H27N5/c1-13-4-2-3-9-22(13)14-10-21(11-14)17-15-5-7-18-8-6-16(15)19-12-20-17/h12-14,18H,2-11H2,1H3/t13-/m1/s1. The predicted molar refractivity (Wildman–Crippen MR) is 88.3 cm³/mol. The average Bonchev–Trinajstić information content (AvgIpc) is 2.73. The fourth-order valence-electron chi connectivity index (χ4n) is 4.23. The second-order valence-electron chi connectivity index (χ2n) is 7.01. The number of nitrogens with one attached hydrogen (secondary N) is 1.